The monoisotopic (exact) mass is 649 g/mol. The molecule has 0 bridgehead atoms. The number of hydrogen-bond donors (Lipinski definition) is 0. The van der Waals surface area contributed by atoms with E-state index in [1.165, 1.54) is 64.2 Å². The predicted molar refractivity (Wildman–Crippen MR) is 189 cm³/mol. The Hall–Kier alpha value is -1.80. The van der Waals surface area contributed by atoms with Crippen LogP contribution in [0.1, 0.15) is 118 Å². The van der Waals surface area contributed by atoms with Crippen LogP contribution in [0.2, 0.25) is 0 Å². The summed E-state index contributed by atoms with van der Waals surface area (Å²) in [6, 6.07) is 0. The van der Waals surface area contributed by atoms with Crippen LogP contribution in [-0.2, 0) is 19.2 Å². The van der Waals surface area contributed by atoms with Crippen molar-refractivity contribution < 1.29 is 28.1 Å². The van der Waals surface area contributed by atoms with E-state index in [-0.39, 0.29) is 14.9 Å². The summed E-state index contributed by atoms with van der Waals surface area (Å²) in [5, 5.41) is 0. The van der Waals surface area contributed by atoms with Gasteiger partial charge in [-0.1, -0.05) is 27.7 Å². The van der Waals surface area contributed by atoms with Gasteiger partial charge in [-0.15, -0.1) is 0 Å². The van der Waals surface area contributed by atoms with Crippen molar-refractivity contribution in [3.63, 3.8) is 0 Å². The largest absolute Gasteiger partial charge is 0.358 e. The number of likely N-dealkylation sites (tertiary alicyclic amines) is 4. The van der Waals surface area contributed by atoms with E-state index in [0.717, 1.165) is 76.0 Å². The van der Waals surface area contributed by atoms with Crippen LogP contribution in [0.4, 0.5) is 0 Å². The van der Waals surface area contributed by atoms with Gasteiger partial charge < -0.3 is 24.7 Å². The summed E-state index contributed by atoms with van der Waals surface area (Å²) in [6.45, 7) is 15.7. The van der Waals surface area contributed by atoms with Crippen molar-refractivity contribution >= 4 is 23.6 Å². The SMILES string of the molecule is CCC(=O)N1CCC(CC2CCN(C(=O)CC)CC2)CC1.CCC(=O)[N+]1(C)CCC(CC2CC[N+](C)(C(=O)CC)CC2)CC1.[CH3-].[CH3-]. The van der Waals surface area contributed by atoms with Gasteiger partial charge in [0.2, 0.25) is 11.8 Å². The zero-order valence-corrected chi connectivity index (χ0v) is 31.3. The molecular weight excluding hydrogens is 576 g/mol. The molecule has 4 aliphatic rings. The highest BCUT2D eigenvalue weighted by Gasteiger charge is 2.39. The third-order valence-corrected chi connectivity index (χ3v) is 11.8. The van der Waals surface area contributed by atoms with Crippen molar-refractivity contribution in [2.24, 2.45) is 23.7 Å². The van der Waals surface area contributed by atoms with Gasteiger partial charge in [0.05, 0.1) is 53.1 Å². The van der Waals surface area contributed by atoms with Gasteiger partial charge in [0.25, 0.3) is 0 Å². The Balaban J connectivity index is 0.000000442. The Morgan fingerprint density at radius 3 is 0.978 bits per heavy atom. The molecule has 0 N–H and O–H groups in total. The second kappa shape index (κ2) is 19.9. The van der Waals surface area contributed by atoms with Crippen molar-refractivity contribution in [3.05, 3.63) is 14.9 Å². The Morgan fingerprint density at radius 1 is 0.478 bits per heavy atom. The summed E-state index contributed by atoms with van der Waals surface area (Å²) in [6.07, 6.45) is 14.6. The van der Waals surface area contributed by atoms with Crippen LogP contribution in [0.3, 0.4) is 0 Å². The molecule has 8 heteroatoms. The number of carbonyl (C=O) groups excluding carboxylic acids is 4. The summed E-state index contributed by atoms with van der Waals surface area (Å²) in [7, 11) is 4.23. The topological polar surface area (TPSA) is 74.8 Å². The molecule has 268 valence electrons. The molecule has 0 aromatic heterocycles. The van der Waals surface area contributed by atoms with Crippen LogP contribution in [0.15, 0.2) is 0 Å². The predicted octanol–water partition coefficient (Wildman–Crippen LogP) is 6.54. The van der Waals surface area contributed by atoms with E-state index in [0.29, 0.717) is 58.3 Å². The maximum atomic E-state index is 12.1. The molecule has 0 aliphatic carbocycles. The first-order chi connectivity index (χ1) is 21.0. The van der Waals surface area contributed by atoms with Crippen molar-refractivity contribution in [3.8, 4) is 0 Å². The highest BCUT2D eigenvalue weighted by atomic mass is 16.2. The second-order valence-corrected chi connectivity index (χ2v) is 14.9. The maximum absolute atomic E-state index is 12.1. The quantitative estimate of drug-likeness (QED) is 0.221. The molecule has 4 fully saturated rings. The average Bonchev–Trinajstić information content (AvgIpc) is 3.06. The Kier molecular flexibility index (Phi) is 18.3. The highest BCUT2D eigenvalue weighted by Crippen LogP contribution is 2.34. The lowest BCUT2D eigenvalue weighted by Crippen LogP contribution is -2.55. The van der Waals surface area contributed by atoms with E-state index in [1.54, 1.807) is 0 Å². The molecule has 46 heavy (non-hydrogen) atoms. The smallest absolute Gasteiger partial charge is 0.313 e. The molecule has 8 nitrogen and oxygen atoms in total. The fourth-order valence-corrected chi connectivity index (χ4v) is 8.34. The summed E-state index contributed by atoms with van der Waals surface area (Å²) in [4.78, 5) is 51.6. The van der Waals surface area contributed by atoms with Gasteiger partial charge in [0.15, 0.2) is 0 Å². The van der Waals surface area contributed by atoms with E-state index in [2.05, 4.69) is 14.1 Å². The molecule has 0 saturated carbocycles. The standard InChI is InChI=1S/C19H36N2O2.C17H30N2O2.2CH3/c1-5-18(22)20(3)11-7-16(8-12-20)15-17-9-13-21(4,14-10-17)19(23)6-2;1-3-16(20)18-9-5-14(6-10-18)13-15-7-11-19(12-8-15)17(21)4-2;;/h16-17H,5-15H2,1-4H3;14-15H,3-13H2,1-2H3;2*1H3/q+2;;2*-1. The molecule has 0 spiro atoms. The van der Waals surface area contributed by atoms with Crippen LogP contribution in [0, 0.1) is 38.5 Å². The van der Waals surface area contributed by atoms with Gasteiger partial charge in [0.1, 0.15) is 0 Å². The maximum Gasteiger partial charge on any atom is 0.313 e. The van der Waals surface area contributed by atoms with Gasteiger partial charge in [0, 0.05) is 64.7 Å². The summed E-state index contributed by atoms with van der Waals surface area (Å²) < 4.78 is 1.30. The number of rotatable bonds is 8. The van der Waals surface area contributed by atoms with Crippen molar-refractivity contribution in [2.75, 3.05) is 66.5 Å². The first-order valence-electron chi connectivity index (χ1n) is 18.3. The van der Waals surface area contributed by atoms with E-state index in [4.69, 9.17) is 0 Å². The van der Waals surface area contributed by atoms with E-state index < -0.39 is 0 Å². The molecule has 0 unspecified atom stereocenters. The van der Waals surface area contributed by atoms with Gasteiger partial charge in [-0.05, 0) is 62.2 Å². The number of piperidine rings is 4. The van der Waals surface area contributed by atoms with E-state index in [1.807, 2.05) is 37.5 Å². The zero-order chi connectivity index (χ0) is 32.3. The number of quaternary nitrogens is 2. The second-order valence-electron chi connectivity index (χ2n) is 14.9. The molecule has 0 radical (unpaired) electrons. The average molecular weight is 649 g/mol. The molecule has 0 aromatic carbocycles. The summed E-state index contributed by atoms with van der Waals surface area (Å²) >= 11 is 0. The fraction of sp³-hybridized carbons (Fsp3) is 0.842. The lowest BCUT2D eigenvalue weighted by atomic mass is 9.81. The molecular formula is C38H72N4O4. The van der Waals surface area contributed by atoms with Crippen molar-refractivity contribution in [1.29, 1.82) is 0 Å². The first kappa shape index (κ1) is 42.2. The van der Waals surface area contributed by atoms with E-state index in [9.17, 15) is 19.2 Å². The number of hydrogen-bond acceptors (Lipinski definition) is 4. The third kappa shape index (κ3) is 11.7. The molecule has 4 aliphatic heterocycles. The van der Waals surface area contributed by atoms with Gasteiger partial charge in [-0.2, -0.15) is 0 Å². The highest BCUT2D eigenvalue weighted by molar-refractivity contribution is 5.76. The van der Waals surface area contributed by atoms with Crippen LogP contribution < -0.4 is 0 Å². The van der Waals surface area contributed by atoms with E-state index >= 15 is 0 Å². The Morgan fingerprint density at radius 2 is 0.739 bits per heavy atom. The normalized spacial score (nSPS) is 29.0. The lowest BCUT2D eigenvalue weighted by molar-refractivity contribution is -0.842. The minimum Gasteiger partial charge on any atom is -0.358 e. The molecule has 4 rings (SSSR count). The van der Waals surface area contributed by atoms with Crippen molar-refractivity contribution in [1.82, 2.24) is 9.80 Å². The third-order valence-electron chi connectivity index (χ3n) is 11.8. The minimum absolute atomic E-state index is 0. The molecule has 4 saturated heterocycles. The van der Waals surface area contributed by atoms with Crippen LogP contribution in [0.25, 0.3) is 0 Å². The number of carbonyl (C=O) groups is 4. The van der Waals surface area contributed by atoms with Crippen LogP contribution in [-0.4, -0.2) is 109 Å². The minimum atomic E-state index is 0. The van der Waals surface area contributed by atoms with Gasteiger partial charge in [-0.3, -0.25) is 18.6 Å². The van der Waals surface area contributed by atoms with Crippen LogP contribution in [0.5, 0.6) is 0 Å². The Bertz CT molecular complexity index is 862. The lowest BCUT2D eigenvalue weighted by Gasteiger charge is -2.41. The van der Waals surface area contributed by atoms with Crippen molar-refractivity contribution in [2.45, 2.75) is 118 Å². The first-order valence-corrected chi connectivity index (χ1v) is 18.3. The van der Waals surface area contributed by atoms with Crippen LogP contribution >= 0.6 is 0 Å². The Labute approximate surface area is 283 Å². The van der Waals surface area contributed by atoms with Gasteiger partial charge >= 0.3 is 11.8 Å². The number of amides is 4. The fourth-order valence-electron chi connectivity index (χ4n) is 8.34. The molecule has 0 aromatic rings. The summed E-state index contributed by atoms with van der Waals surface area (Å²) in [5.74, 6) is 4.54. The molecule has 4 amide bonds. The number of nitrogens with zero attached hydrogens (tertiary/aromatic N) is 4. The van der Waals surface area contributed by atoms with Gasteiger partial charge in [-0.25, -0.2) is 9.59 Å². The summed E-state index contributed by atoms with van der Waals surface area (Å²) in [5.41, 5.74) is 0. The molecule has 4 heterocycles. The zero-order valence-electron chi connectivity index (χ0n) is 31.3. The molecule has 0 atom stereocenters.